The lowest BCUT2D eigenvalue weighted by Crippen LogP contribution is -2.40. The van der Waals surface area contributed by atoms with Gasteiger partial charge in [-0.3, -0.25) is 4.79 Å². The summed E-state index contributed by atoms with van der Waals surface area (Å²) in [7, 11) is -1.80. The van der Waals surface area contributed by atoms with Crippen molar-refractivity contribution in [3.05, 3.63) is 0 Å². The van der Waals surface area contributed by atoms with Crippen LogP contribution in [0.4, 0.5) is 0 Å². The van der Waals surface area contributed by atoms with Crippen LogP contribution < -0.4 is 5.32 Å². The maximum absolute atomic E-state index is 11.0. The Labute approximate surface area is 71.7 Å². The van der Waals surface area contributed by atoms with Crippen LogP contribution >= 0.6 is 0 Å². The van der Waals surface area contributed by atoms with Crippen molar-refractivity contribution in [2.24, 2.45) is 0 Å². The lowest BCUT2D eigenvalue weighted by molar-refractivity contribution is -0.138. The van der Waals surface area contributed by atoms with Gasteiger partial charge in [-0.25, -0.2) is 8.42 Å². The van der Waals surface area contributed by atoms with Crippen LogP contribution in [0.25, 0.3) is 0 Å². The van der Waals surface area contributed by atoms with Crippen LogP contribution in [0, 0.1) is 0 Å². The summed E-state index contributed by atoms with van der Waals surface area (Å²) in [6, 6.07) is -1.00. The molecular weight excluding hydrogens is 182 g/mol. The maximum Gasteiger partial charge on any atom is 0.321 e. The Hall–Kier alpha value is -0.620. The van der Waals surface area contributed by atoms with Crippen LogP contribution in [0.3, 0.4) is 0 Å². The van der Waals surface area contributed by atoms with Gasteiger partial charge < -0.3 is 10.4 Å². The average molecular weight is 195 g/mol. The Morgan fingerprint density at radius 1 is 1.58 bits per heavy atom. The molecule has 12 heavy (non-hydrogen) atoms. The first-order chi connectivity index (χ1) is 5.43. The van der Waals surface area contributed by atoms with Gasteiger partial charge in [0.1, 0.15) is 6.04 Å². The number of hydrogen-bond donors (Lipinski definition) is 2. The highest BCUT2D eigenvalue weighted by Gasteiger charge is 2.21. The van der Waals surface area contributed by atoms with Gasteiger partial charge in [-0.15, -0.1) is 0 Å². The Balaban J connectivity index is 4.32. The second-order valence-electron chi connectivity index (χ2n) is 2.38. The molecule has 0 radical (unpaired) electrons. The number of hydrogen-bond acceptors (Lipinski definition) is 4. The van der Waals surface area contributed by atoms with Gasteiger partial charge in [0.15, 0.2) is 9.84 Å². The van der Waals surface area contributed by atoms with Gasteiger partial charge in [0.25, 0.3) is 0 Å². The minimum atomic E-state index is -3.22. The summed E-state index contributed by atoms with van der Waals surface area (Å²) in [6.07, 6.45) is 0. The zero-order valence-corrected chi connectivity index (χ0v) is 7.89. The number of aliphatic carboxylic acids is 1. The third-order valence-electron chi connectivity index (χ3n) is 1.51. The van der Waals surface area contributed by atoms with Crippen molar-refractivity contribution in [3.8, 4) is 0 Å². The molecule has 5 nitrogen and oxygen atoms in total. The van der Waals surface area contributed by atoms with Crippen molar-refractivity contribution in [2.45, 2.75) is 13.0 Å². The predicted octanol–water partition coefficient (Wildman–Crippen LogP) is -0.906. The largest absolute Gasteiger partial charge is 0.480 e. The highest BCUT2D eigenvalue weighted by Crippen LogP contribution is 1.94. The van der Waals surface area contributed by atoms with E-state index in [-0.39, 0.29) is 11.5 Å². The normalized spacial score (nSPS) is 14.2. The van der Waals surface area contributed by atoms with Crippen LogP contribution in [0.2, 0.25) is 0 Å². The number of likely N-dealkylation sites (N-methyl/N-ethyl adjacent to an activating group) is 1. The second kappa shape index (κ2) is 4.42. The first kappa shape index (κ1) is 11.4. The van der Waals surface area contributed by atoms with E-state index in [0.717, 1.165) is 0 Å². The highest BCUT2D eigenvalue weighted by atomic mass is 32.2. The molecule has 0 spiro atoms. The molecule has 0 bridgehead atoms. The van der Waals surface area contributed by atoms with Crippen molar-refractivity contribution < 1.29 is 18.3 Å². The zero-order valence-electron chi connectivity index (χ0n) is 7.07. The molecular formula is C6H13NO4S. The van der Waals surface area contributed by atoms with E-state index >= 15 is 0 Å². The number of rotatable bonds is 5. The number of carbonyl (C=O) groups is 1. The summed E-state index contributed by atoms with van der Waals surface area (Å²) in [6.45, 7) is 1.49. The number of sulfone groups is 1. The molecule has 1 atom stereocenters. The molecule has 2 N–H and O–H groups in total. The summed E-state index contributed by atoms with van der Waals surface area (Å²) in [4.78, 5) is 10.4. The molecule has 0 aromatic carbocycles. The van der Waals surface area contributed by atoms with Crippen LogP contribution in [-0.2, 0) is 14.6 Å². The van der Waals surface area contributed by atoms with Crippen molar-refractivity contribution >= 4 is 15.8 Å². The average Bonchev–Trinajstić information content (AvgIpc) is 2.00. The molecule has 0 amide bonds. The predicted molar refractivity (Wildman–Crippen MR) is 44.8 cm³/mol. The van der Waals surface area contributed by atoms with Crippen LogP contribution in [0.15, 0.2) is 0 Å². The van der Waals surface area contributed by atoms with Crippen molar-refractivity contribution in [3.63, 3.8) is 0 Å². The monoisotopic (exact) mass is 195 g/mol. The third kappa shape index (κ3) is 3.68. The van der Waals surface area contributed by atoms with E-state index in [1.807, 2.05) is 0 Å². The number of carboxylic acids is 1. The van der Waals surface area contributed by atoms with Crippen LogP contribution in [-0.4, -0.2) is 44.1 Å². The van der Waals surface area contributed by atoms with Crippen molar-refractivity contribution in [1.82, 2.24) is 5.32 Å². The third-order valence-corrected chi connectivity index (χ3v) is 3.23. The molecule has 0 saturated carbocycles. The minimum absolute atomic E-state index is 0.0293. The summed E-state index contributed by atoms with van der Waals surface area (Å²) in [5.41, 5.74) is 0. The van der Waals surface area contributed by atoms with Gasteiger partial charge >= 0.3 is 5.97 Å². The number of nitrogens with one attached hydrogen (secondary N) is 1. The standard InChI is InChI=1S/C6H13NO4S/c1-3-12(10,11)4-5(7-2)6(8)9/h5,7H,3-4H2,1-2H3,(H,8,9). The quantitative estimate of drug-likeness (QED) is 0.593. The van der Waals surface area contributed by atoms with E-state index in [0.29, 0.717) is 0 Å². The number of carboxylic acid groups (broad SMARTS) is 1. The molecule has 0 saturated heterocycles. The topological polar surface area (TPSA) is 83.5 Å². The lowest BCUT2D eigenvalue weighted by Gasteiger charge is -2.09. The lowest BCUT2D eigenvalue weighted by atomic mass is 10.3. The van der Waals surface area contributed by atoms with E-state index in [2.05, 4.69) is 5.32 Å². The summed E-state index contributed by atoms with van der Waals surface area (Å²) < 4.78 is 21.9. The summed E-state index contributed by atoms with van der Waals surface area (Å²) >= 11 is 0. The Bertz CT molecular complexity index is 246. The zero-order chi connectivity index (χ0) is 9.78. The van der Waals surface area contributed by atoms with Crippen molar-refractivity contribution in [1.29, 1.82) is 0 Å². The van der Waals surface area contributed by atoms with E-state index in [1.165, 1.54) is 14.0 Å². The molecule has 0 aromatic rings. The summed E-state index contributed by atoms with van der Waals surface area (Å²) in [5.74, 6) is -1.53. The van der Waals surface area contributed by atoms with Crippen LogP contribution in [0.5, 0.6) is 0 Å². The molecule has 72 valence electrons. The fourth-order valence-electron chi connectivity index (χ4n) is 0.650. The Morgan fingerprint density at radius 3 is 2.33 bits per heavy atom. The van der Waals surface area contributed by atoms with Crippen molar-refractivity contribution in [2.75, 3.05) is 18.6 Å². The second-order valence-corrected chi connectivity index (χ2v) is 4.78. The highest BCUT2D eigenvalue weighted by molar-refractivity contribution is 7.91. The van der Waals surface area contributed by atoms with Gasteiger partial charge in [-0.2, -0.15) is 0 Å². The van der Waals surface area contributed by atoms with Gasteiger partial charge in [0, 0.05) is 5.75 Å². The van der Waals surface area contributed by atoms with E-state index < -0.39 is 21.8 Å². The Morgan fingerprint density at radius 2 is 2.08 bits per heavy atom. The fraction of sp³-hybridized carbons (Fsp3) is 0.833. The smallest absolute Gasteiger partial charge is 0.321 e. The van der Waals surface area contributed by atoms with E-state index in [1.54, 1.807) is 0 Å². The molecule has 0 aromatic heterocycles. The molecule has 0 fully saturated rings. The molecule has 0 rings (SSSR count). The Kier molecular flexibility index (Phi) is 4.19. The van der Waals surface area contributed by atoms with E-state index in [9.17, 15) is 13.2 Å². The summed E-state index contributed by atoms with van der Waals surface area (Å²) in [5, 5.41) is 10.9. The molecule has 0 aliphatic carbocycles. The first-order valence-corrected chi connectivity index (χ1v) is 5.35. The molecule has 6 heteroatoms. The van der Waals surface area contributed by atoms with E-state index in [4.69, 9.17) is 5.11 Å². The SMILES string of the molecule is CCS(=O)(=O)CC(NC)C(=O)O. The first-order valence-electron chi connectivity index (χ1n) is 3.53. The fourth-order valence-corrected chi connectivity index (χ4v) is 1.70. The molecule has 1 unspecified atom stereocenters. The maximum atomic E-state index is 11.0. The minimum Gasteiger partial charge on any atom is -0.480 e. The van der Waals surface area contributed by atoms with Gasteiger partial charge in [0.2, 0.25) is 0 Å². The van der Waals surface area contributed by atoms with Crippen LogP contribution in [0.1, 0.15) is 6.92 Å². The molecule has 0 aliphatic rings. The molecule has 0 heterocycles. The molecule has 0 aliphatic heterocycles. The van der Waals surface area contributed by atoms with Gasteiger partial charge in [-0.05, 0) is 7.05 Å². The van der Waals surface area contributed by atoms with Gasteiger partial charge in [0.05, 0.1) is 5.75 Å². The van der Waals surface area contributed by atoms with Gasteiger partial charge in [-0.1, -0.05) is 6.92 Å².